The molecule has 5 heteroatoms. The summed E-state index contributed by atoms with van der Waals surface area (Å²) in [5.74, 6) is 0. The van der Waals surface area contributed by atoms with Crippen LogP contribution in [0.25, 0.3) is 24.3 Å². The van der Waals surface area contributed by atoms with Gasteiger partial charge in [0.2, 0.25) is 0 Å². The maximum Gasteiger partial charge on any atom is 4.00 e. The molecular formula is C28H20NiS4. The van der Waals surface area contributed by atoms with Crippen molar-refractivity contribution in [1.29, 1.82) is 0 Å². The molecule has 0 aliphatic heterocycles. The molecule has 0 saturated heterocycles. The maximum absolute atomic E-state index is 5.25. The first-order chi connectivity index (χ1) is 15.5. The van der Waals surface area contributed by atoms with Gasteiger partial charge >= 0.3 is 16.5 Å². The van der Waals surface area contributed by atoms with Crippen LogP contribution < -0.4 is 0 Å². The van der Waals surface area contributed by atoms with Gasteiger partial charge in [0.05, 0.1) is 0 Å². The molecule has 0 radical (unpaired) electrons. The van der Waals surface area contributed by atoms with Gasteiger partial charge in [-0.25, -0.2) is 0 Å². The molecule has 0 aliphatic carbocycles. The van der Waals surface area contributed by atoms with E-state index in [4.69, 9.17) is 50.5 Å². The topological polar surface area (TPSA) is 0 Å². The summed E-state index contributed by atoms with van der Waals surface area (Å²) in [6.07, 6.45) is 8.10. The molecule has 4 rings (SSSR count). The summed E-state index contributed by atoms with van der Waals surface area (Å²) in [6.45, 7) is 0. The van der Waals surface area contributed by atoms with Crippen LogP contribution in [0.5, 0.6) is 0 Å². The summed E-state index contributed by atoms with van der Waals surface area (Å²) in [5.41, 5.74) is 4.33. The molecule has 0 atom stereocenters. The van der Waals surface area contributed by atoms with Crippen molar-refractivity contribution < 1.29 is 16.5 Å². The molecule has 0 spiro atoms. The minimum atomic E-state index is 0. The van der Waals surface area contributed by atoms with Crippen LogP contribution in [0.4, 0.5) is 0 Å². The van der Waals surface area contributed by atoms with Crippen molar-refractivity contribution >= 4 is 74.8 Å². The van der Waals surface area contributed by atoms with Crippen molar-refractivity contribution in [2.24, 2.45) is 0 Å². The zero-order valence-electron chi connectivity index (χ0n) is 17.5. The van der Waals surface area contributed by atoms with E-state index >= 15 is 0 Å². The van der Waals surface area contributed by atoms with E-state index in [1.165, 1.54) is 0 Å². The van der Waals surface area contributed by atoms with Gasteiger partial charge in [0.15, 0.2) is 0 Å². The van der Waals surface area contributed by atoms with Gasteiger partial charge in [-0.15, -0.1) is 0 Å². The monoisotopic (exact) mass is 542 g/mol. The first-order valence-electron chi connectivity index (χ1n) is 9.95. The van der Waals surface area contributed by atoms with Gasteiger partial charge in [-0.1, -0.05) is 121 Å². The Balaban J connectivity index is 0.000000227. The molecule has 33 heavy (non-hydrogen) atoms. The molecule has 4 aromatic carbocycles. The van der Waals surface area contributed by atoms with E-state index in [0.717, 1.165) is 41.8 Å². The van der Waals surface area contributed by atoms with Crippen LogP contribution in [0, 0.1) is 0 Å². The Bertz CT molecular complexity index is 1110. The third-order valence-corrected chi connectivity index (χ3v) is 6.38. The normalized spacial score (nSPS) is 10.4. The van der Waals surface area contributed by atoms with Crippen LogP contribution in [-0.2, 0) is 67.0 Å². The van der Waals surface area contributed by atoms with Crippen molar-refractivity contribution in [2.45, 2.75) is 19.6 Å². The van der Waals surface area contributed by atoms with Gasteiger partial charge in [0, 0.05) is 0 Å². The molecule has 4 aromatic rings. The van der Waals surface area contributed by atoms with Gasteiger partial charge in [0.25, 0.3) is 0 Å². The van der Waals surface area contributed by atoms with Gasteiger partial charge in [0.1, 0.15) is 0 Å². The van der Waals surface area contributed by atoms with Crippen molar-refractivity contribution in [3.05, 3.63) is 119 Å². The Labute approximate surface area is 228 Å². The number of hydrogen-bond acceptors (Lipinski definition) is 4. The summed E-state index contributed by atoms with van der Waals surface area (Å²) in [4.78, 5) is 2.99. The van der Waals surface area contributed by atoms with E-state index in [1.807, 2.05) is 97.1 Å². The smallest absolute Gasteiger partial charge is 0.781 e. The van der Waals surface area contributed by atoms with Gasteiger partial charge in [-0.05, 0) is 22.3 Å². The third kappa shape index (κ3) is 8.54. The molecule has 0 bridgehead atoms. The predicted octanol–water partition coefficient (Wildman–Crippen LogP) is 7.33. The Hall–Kier alpha value is -2.27. The molecule has 0 N–H and O–H groups in total. The van der Waals surface area contributed by atoms with Crippen molar-refractivity contribution in [1.82, 2.24) is 0 Å². The second kappa shape index (κ2) is 14.1. The summed E-state index contributed by atoms with van der Waals surface area (Å²) in [5, 5.41) is 0. The predicted molar refractivity (Wildman–Crippen MR) is 146 cm³/mol. The number of rotatable bonds is 4. The molecule has 166 valence electrons. The van der Waals surface area contributed by atoms with Crippen LogP contribution in [0.15, 0.2) is 117 Å². The van der Waals surface area contributed by atoms with Crippen LogP contribution in [0.2, 0.25) is 0 Å². The third-order valence-electron chi connectivity index (χ3n) is 4.53. The Morgan fingerprint density at radius 3 is 1.12 bits per heavy atom. The first-order valence-corrected chi connectivity index (χ1v) is 11.6. The Morgan fingerprint density at radius 2 is 0.758 bits per heavy atom. The van der Waals surface area contributed by atoms with E-state index in [0.29, 0.717) is 0 Å². The summed E-state index contributed by atoms with van der Waals surface area (Å²) < 4.78 is 0. The SMILES string of the molecule is [Ni+4].[S-]c1cccc(C=Cc2ccccc2)c1[S-].[S-]c1cccc(C=Cc2ccccc2)c1[S-]. The summed E-state index contributed by atoms with van der Waals surface area (Å²) in [7, 11) is 0. The Morgan fingerprint density at radius 1 is 0.394 bits per heavy atom. The van der Waals surface area contributed by atoms with Crippen molar-refractivity contribution in [3.8, 4) is 0 Å². The standard InChI is InChI=1S/2C14H12S2.Ni/c2*15-13-8-4-7-12(14(13)16)10-9-11-5-2-1-3-6-11;/h2*1-10,15-16H;/q;;+4/p-4. The second-order valence-corrected chi connectivity index (χ2v) is 8.53. The molecule has 0 heterocycles. The molecule has 0 fully saturated rings. The van der Waals surface area contributed by atoms with Crippen molar-refractivity contribution in [2.75, 3.05) is 0 Å². The molecule has 0 amide bonds. The quantitative estimate of drug-likeness (QED) is 0.150. The van der Waals surface area contributed by atoms with E-state index < -0.39 is 0 Å². The molecular weight excluding hydrogens is 523 g/mol. The van der Waals surface area contributed by atoms with Crippen LogP contribution in [0.1, 0.15) is 22.3 Å². The minimum Gasteiger partial charge on any atom is -0.781 e. The first kappa shape index (κ1) is 27.0. The molecule has 0 aliphatic rings. The van der Waals surface area contributed by atoms with Gasteiger partial charge in [-0.2, -0.15) is 19.6 Å². The van der Waals surface area contributed by atoms with Gasteiger partial charge < -0.3 is 50.5 Å². The fourth-order valence-corrected chi connectivity index (χ4v) is 3.63. The average molecular weight is 543 g/mol. The van der Waals surface area contributed by atoms with E-state index in [9.17, 15) is 0 Å². The fourth-order valence-electron chi connectivity index (χ4n) is 2.83. The molecule has 0 nitrogen and oxygen atoms in total. The number of hydrogen-bond donors (Lipinski definition) is 0. The van der Waals surface area contributed by atoms with Gasteiger partial charge in [-0.3, -0.25) is 0 Å². The fraction of sp³-hybridized carbons (Fsp3) is 0. The zero-order valence-corrected chi connectivity index (χ0v) is 21.7. The van der Waals surface area contributed by atoms with E-state index in [-0.39, 0.29) is 16.5 Å². The van der Waals surface area contributed by atoms with Crippen LogP contribution in [0.3, 0.4) is 0 Å². The van der Waals surface area contributed by atoms with E-state index in [1.54, 1.807) is 0 Å². The molecule has 0 saturated carbocycles. The maximum atomic E-state index is 5.25. The minimum absolute atomic E-state index is 0. The van der Waals surface area contributed by atoms with Crippen LogP contribution >= 0.6 is 0 Å². The molecule has 0 unspecified atom stereocenters. The summed E-state index contributed by atoms with van der Waals surface area (Å²) in [6, 6.07) is 31.8. The molecule has 0 aromatic heterocycles. The Kier molecular flexibility index (Phi) is 11.5. The summed E-state index contributed by atoms with van der Waals surface area (Å²) >= 11 is 20.8. The van der Waals surface area contributed by atoms with Crippen LogP contribution in [-0.4, -0.2) is 0 Å². The largest absolute Gasteiger partial charge is 4.00 e. The number of benzene rings is 4. The zero-order chi connectivity index (χ0) is 22.8. The van der Waals surface area contributed by atoms with Crippen molar-refractivity contribution in [3.63, 3.8) is 0 Å². The van der Waals surface area contributed by atoms with E-state index in [2.05, 4.69) is 24.3 Å². The average Bonchev–Trinajstić information content (AvgIpc) is 2.83. The second-order valence-electron chi connectivity index (χ2n) is 6.84.